The number of aromatic nitrogens is 4. The highest BCUT2D eigenvalue weighted by Crippen LogP contribution is 2.28. The predicted octanol–water partition coefficient (Wildman–Crippen LogP) is 3.01. The molecular formula is C22H22FN7O2S. The van der Waals surface area contributed by atoms with E-state index in [1.165, 1.54) is 36.5 Å². The Labute approximate surface area is 190 Å². The molecule has 11 heteroatoms. The summed E-state index contributed by atoms with van der Waals surface area (Å²) in [5.74, 6) is 1.14. The number of H-pyrrole nitrogens is 1. The Morgan fingerprint density at radius 2 is 1.94 bits per heavy atom. The third kappa shape index (κ3) is 4.19. The Kier molecular flexibility index (Phi) is 5.33. The molecule has 1 aliphatic rings. The molecule has 170 valence electrons. The van der Waals surface area contributed by atoms with E-state index >= 15 is 0 Å². The van der Waals surface area contributed by atoms with Gasteiger partial charge >= 0.3 is 0 Å². The number of halogens is 1. The molecule has 4 aromatic rings. The fourth-order valence-corrected chi connectivity index (χ4v) is 5.02. The van der Waals surface area contributed by atoms with Crippen LogP contribution in [-0.2, 0) is 10.0 Å². The summed E-state index contributed by atoms with van der Waals surface area (Å²) in [6.45, 7) is 1.61. The Morgan fingerprint density at radius 3 is 2.70 bits per heavy atom. The number of aromatic amines is 1. The molecule has 0 unspecified atom stereocenters. The summed E-state index contributed by atoms with van der Waals surface area (Å²) >= 11 is 0. The van der Waals surface area contributed by atoms with Crippen molar-refractivity contribution in [1.29, 1.82) is 0 Å². The molecule has 0 bridgehead atoms. The summed E-state index contributed by atoms with van der Waals surface area (Å²) in [6.07, 6.45) is 5.66. The molecule has 1 saturated heterocycles. The van der Waals surface area contributed by atoms with E-state index in [1.54, 1.807) is 12.4 Å². The van der Waals surface area contributed by atoms with Crippen molar-refractivity contribution in [2.45, 2.75) is 17.4 Å². The number of hydrogen-bond acceptors (Lipinski definition) is 7. The highest BCUT2D eigenvalue weighted by molar-refractivity contribution is 7.92. The molecule has 1 aromatic carbocycles. The van der Waals surface area contributed by atoms with Crippen LogP contribution in [0.2, 0.25) is 0 Å². The lowest BCUT2D eigenvalue weighted by molar-refractivity contribution is 0.600. The zero-order valence-corrected chi connectivity index (χ0v) is 18.6. The van der Waals surface area contributed by atoms with Crippen LogP contribution in [0.1, 0.15) is 6.42 Å². The first-order valence-electron chi connectivity index (χ1n) is 10.4. The summed E-state index contributed by atoms with van der Waals surface area (Å²) in [6, 6.07) is 10.5. The number of nitrogens with zero attached hydrogens (tertiary/aromatic N) is 5. The summed E-state index contributed by atoms with van der Waals surface area (Å²) < 4.78 is 40.8. The van der Waals surface area contributed by atoms with Gasteiger partial charge < -0.3 is 14.8 Å². The molecule has 1 atom stereocenters. The number of likely N-dealkylation sites (N-methyl/N-ethyl adjacent to an activating group) is 1. The minimum absolute atomic E-state index is 0.0351. The Balaban J connectivity index is 1.28. The van der Waals surface area contributed by atoms with E-state index in [-0.39, 0.29) is 16.6 Å². The van der Waals surface area contributed by atoms with Gasteiger partial charge in [0.15, 0.2) is 0 Å². The van der Waals surface area contributed by atoms with Crippen LogP contribution in [0.3, 0.4) is 0 Å². The molecule has 3 aromatic heterocycles. The number of pyridine rings is 1. The third-order valence-corrected chi connectivity index (χ3v) is 7.20. The first-order chi connectivity index (χ1) is 15.9. The monoisotopic (exact) mass is 467 g/mol. The molecule has 0 saturated carbocycles. The van der Waals surface area contributed by atoms with E-state index in [0.717, 1.165) is 36.4 Å². The number of nitrogens with one attached hydrogen (secondary N) is 2. The van der Waals surface area contributed by atoms with Crippen LogP contribution in [0.5, 0.6) is 0 Å². The van der Waals surface area contributed by atoms with Gasteiger partial charge in [-0.1, -0.05) is 0 Å². The molecule has 0 radical (unpaired) electrons. The van der Waals surface area contributed by atoms with Gasteiger partial charge in [0.1, 0.15) is 34.3 Å². The van der Waals surface area contributed by atoms with Gasteiger partial charge in [0.05, 0.1) is 5.39 Å². The van der Waals surface area contributed by atoms with Crippen molar-refractivity contribution in [3.8, 4) is 0 Å². The molecule has 0 spiro atoms. The first kappa shape index (κ1) is 21.1. The van der Waals surface area contributed by atoms with Crippen molar-refractivity contribution >= 4 is 38.4 Å². The van der Waals surface area contributed by atoms with Gasteiger partial charge in [0.2, 0.25) is 0 Å². The first-order valence-corrected chi connectivity index (χ1v) is 11.9. The zero-order valence-electron chi connectivity index (χ0n) is 17.8. The van der Waals surface area contributed by atoms with Gasteiger partial charge in [0, 0.05) is 44.3 Å². The number of sulfonamides is 1. The highest BCUT2D eigenvalue weighted by atomic mass is 32.2. The van der Waals surface area contributed by atoms with Gasteiger partial charge in [-0.15, -0.1) is 0 Å². The van der Waals surface area contributed by atoms with Gasteiger partial charge in [-0.25, -0.2) is 27.8 Å². The van der Waals surface area contributed by atoms with Crippen LogP contribution in [-0.4, -0.2) is 54.5 Å². The fourth-order valence-electron chi connectivity index (χ4n) is 4.02. The smallest absolute Gasteiger partial charge is 0.263 e. The number of fused-ring (bicyclic) bond motifs is 1. The van der Waals surface area contributed by atoms with Crippen molar-refractivity contribution in [1.82, 2.24) is 19.9 Å². The average Bonchev–Trinajstić information content (AvgIpc) is 3.50. The van der Waals surface area contributed by atoms with Gasteiger partial charge in [-0.3, -0.25) is 4.72 Å². The van der Waals surface area contributed by atoms with Crippen molar-refractivity contribution in [2.24, 2.45) is 0 Å². The van der Waals surface area contributed by atoms with E-state index in [4.69, 9.17) is 0 Å². The minimum atomic E-state index is -3.83. The maximum Gasteiger partial charge on any atom is 0.263 e. The second kappa shape index (κ2) is 8.32. The molecule has 9 nitrogen and oxygen atoms in total. The van der Waals surface area contributed by atoms with E-state index in [9.17, 15) is 12.8 Å². The predicted molar refractivity (Wildman–Crippen MR) is 124 cm³/mol. The van der Waals surface area contributed by atoms with Crippen LogP contribution in [0.25, 0.3) is 11.0 Å². The second-order valence-electron chi connectivity index (χ2n) is 7.90. The SMILES string of the molecule is CN(c1ccc(S(=O)(=O)Nc2ccc(F)cc2)cn1)[C@@H]1CCN(c2ncnc3[nH]ccc23)C1. The van der Waals surface area contributed by atoms with Crippen molar-refractivity contribution in [3.05, 3.63) is 67.0 Å². The highest BCUT2D eigenvalue weighted by Gasteiger charge is 2.29. The van der Waals surface area contributed by atoms with E-state index in [2.05, 4.69) is 34.5 Å². The summed E-state index contributed by atoms with van der Waals surface area (Å²) in [5.41, 5.74) is 1.09. The lowest BCUT2D eigenvalue weighted by Gasteiger charge is -2.26. The molecule has 0 aliphatic carbocycles. The molecular weight excluding hydrogens is 445 g/mol. The molecule has 5 rings (SSSR count). The van der Waals surface area contributed by atoms with Crippen LogP contribution >= 0.6 is 0 Å². The molecule has 1 aliphatic heterocycles. The largest absolute Gasteiger partial charge is 0.355 e. The normalized spacial score (nSPS) is 16.3. The maximum absolute atomic E-state index is 13.1. The maximum atomic E-state index is 13.1. The van der Waals surface area contributed by atoms with E-state index in [0.29, 0.717) is 5.82 Å². The van der Waals surface area contributed by atoms with Gasteiger partial charge in [-0.2, -0.15) is 0 Å². The van der Waals surface area contributed by atoms with E-state index < -0.39 is 15.8 Å². The lowest BCUT2D eigenvalue weighted by Crippen LogP contribution is -2.35. The average molecular weight is 468 g/mol. The van der Waals surface area contributed by atoms with Crippen LogP contribution < -0.4 is 14.5 Å². The van der Waals surface area contributed by atoms with E-state index in [1.807, 2.05) is 19.3 Å². The van der Waals surface area contributed by atoms with Gasteiger partial charge in [0.25, 0.3) is 10.0 Å². The molecule has 0 amide bonds. The van der Waals surface area contributed by atoms with Gasteiger partial charge in [-0.05, 0) is 48.9 Å². The topological polar surface area (TPSA) is 107 Å². The van der Waals surface area contributed by atoms with Crippen LogP contribution in [0.15, 0.2) is 66.1 Å². The van der Waals surface area contributed by atoms with Crippen LogP contribution in [0.4, 0.5) is 21.7 Å². The Hall–Kier alpha value is -3.73. The number of anilines is 3. The number of hydrogen-bond donors (Lipinski definition) is 2. The lowest BCUT2D eigenvalue weighted by atomic mass is 10.2. The fraction of sp³-hybridized carbons (Fsp3) is 0.227. The van der Waals surface area contributed by atoms with Crippen molar-refractivity contribution in [2.75, 3.05) is 34.7 Å². The quantitative estimate of drug-likeness (QED) is 0.449. The molecule has 1 fully saturated rings. The second-order valence-corrected chi connectivity index (χ2v) is 9.58. The van der Waals surface area contributed by atoms with Crippen LogP contribution in [0, 0.1) is 5.82 Å². The third-order valence-electron chi connectivity index (χ3n) is 5.83. The zero-order chi connectivity index (χ0) is 23.0. The summed E-state index contributed by atoms with van der Waals surface area (Å²) in [7, 11) is -1.87. The minimum Gasteiger partial charge on any atom is -0.355 e. The summed E-state index contributed by atoms with van der Waals surface area (Å²) in [5, 5.41) is 0.988. The summed E-state index contributed by atoms with van der Waals surface area (Å²) in [4.78, 5) is 20.5. The molecule has 2 N–H and O–H groups in total. The van der Waals surface area contributed by atoms with Crippen molar-refractivity contribution in [3.63, 3.8) is 0 Å². The Morgan fingerprint density at radius 1 is 1.12 bits per heavy atom. The molecule has 4 heterocycles. The number of benzene rings is 1. The molecule has 33 heavy (non-hydrogen) atoms. The van der Waals surface area contributed by atoms with Crippen molar-refractivity contribution < 1.29 is 12.8 Å². The standard InChI is InChI=1S/C22H22FN7O2S/c1-29(17-9-11-30(13-17)22-19-8-10-24-21(19)26-14-27-22)20-7-6-18(12-25-20)33(31,32)28-16-4-2-15(23)3-5-16/h2-8,10,12,14,17,28H,9,11,13H2,1H3,(H,24,26,27)/t17-/m1/s1. The Bertz CT molecular complexity index is 1370. The number of rotatable bonds is 6.